The number of nitrogens with two attached hydrogens (primary N) is 1. The van der Waals surface area contributed by atoms with E-state index in [4.69, 9.17) is 5.73 Å². The first-order valence-electron chi connectivity index (χ1n) is 5.55. The maximum absolute atomic E-state index is 13.7. The molecule has 4 nitrogen and oxygen atoms in total. The molecule has 0 saturated carbocycles. The standard InChI is InChI=1S/C13H10BrFN2O2S/c1-6-8(15)4-7(12(16)18)5-9(6)17-13(19)10-2-3-11(14)20-10/h2-5H,1H3,(H2,16,18)(H,17,19). The van der Waals surface area contributed by atoms with Crippen LogP contribution in [0.3, 0.4) is 0 Å². The molecule has 0 aliphatic heterocycles. The number of benzene rings is 1. The van der Waals surface area contributed by atoms with Gasteiger partial charge in [-0.05, 0) is 47.1 Å². The molecular weight excluding hydrogens is 347 g/mol. The summed E-state index contributed by atoms with van der Waals surface area (Å²) in [7, 11) is 0. The van der Waals surface area contributed by atoms with E-state index in [1.807, 2.05) is 0 Å². The van der Waals surface area contributed by atoms with E-state index in [1.54, 1.807) is 12.1 Å². The van der Waals surface area contributed by atoms with Crippen molar-refractivity contribution in [2.24, 2.45) is 5.73 Å². The second-order valence-corrected chi connectivity index (χ2v) is 6.52. The molecular formula is C13H10BrFN2O2S. The van der Waals surface area contributed by atoms with Crippen LogP contribution in [0.2, 0.25) is 0 Å². The summed E-state index contributed by atoms with van der Waals surface area (Å²) in [5, 5.41) is 2.58. The quantitative estimate of drug-likeness (QED) is 0.885. The lowest BCUT2D eigenvalue weighted by Gasteiger charge is -2.10. The molecule has 0 spiro atoms. The minimum atomic E-state index is -0.752. The van der Waals surface area contributed by atoms with Crippen molar-refractivity contribution in [1.82, 2.24) is 0 Å². The summed E-state index contributed by atoms with van der Waals surface area (Å²) in [5.74, 6) is -1.72. The highest BCUT2D eigenvalue weighted by Crippen LogP contribution is 2.25. The van der Waals surface area contributed by atoms with Gasteiger partial charge in [-0.25, -0.2) is 4.39 Å². The van der Waals surface area contributed by atoms with Crippen LogP contribution < -0.4 is 11.1 Å². The third-order valence-electron chi connectivity index (χ3n) is 2.67. The topological polar surface area (TPSA) is 72.2 Å². The Morgan fingerprint density at radius 3 is 2.60 bits per heavy atom. The number of rotatable bonds is 3. The lowest BCUT2D eigenvalue weighted by atomic mass is 10.1. The molecule has 0 bridgehead atoms. The molecule has 7 heteroatoms. The maximum atomic E-state index is 13.7. The van der Waals surface area contributed by atoms with Gasteiger partial charge in [0.15, 0.2) is 0 Å². The van der Waals surface area contributed by atoms with Gasteiger partial charge in [0.1, 0.15) is 5.82 Å². The second kappa shape index (κ2) is 5.72. The number of hydrogen-bond donors (Lipinski definition) is 2. The molecule has 0 unspecified atom stereocenters. The Balaban J connectivity index is 2.33. The zero-order chi connectivity index (χ0) is 14.9. The lowest BCUT2D eigenvalue weighted by Crippen LogP contribution is -2.15. The van der Waals surface area contributed by atoms with Crippen LogP contribution in [0.1, 0.15) is 25.6 Å². The van der Waals surface area contributed by atoms with Crippen LogP contribution in [0.25, 0.3) is 0 Å². The fourth-order valence-corrected chi connectivity index (χ4v) is 2.85. The third-order valence-corrected chi connectivity index (χ3v) is 4.30. The summed E-state index contributed by atoms with van der Waals surface area (Å²) in [5.41, 5.74) is 5.61. The monoisotopic (exact) mass is 356 g/mol. The van der Waals surface area contributed by atoms with Gasteiger partial charge in [-0.2, -0.15) is 0 Å². The minimum absolute atomic E-state index is 0.00996. The predicted molar refractivity (Wildman–Crippen MR) is 79.6 cm³/mol. The Morgan fingerprint density at radius 2 is 2.05 bits per heavy atom. The molecule has 2 amide bonds. The molecule has 0 saturated heterocycles. The number of hydrogen-bond acceptors (Lipinski definition) is 3. The van der Waals surface area contributed by atoms with Crippen molar-refractivity contribution in [2.75, 3.05) is 5.32 Å². The molecule has 1 heterocycles. The first-order valence-corrected chi connectivity index (χ1v) is 7.16. The van der Waals surface area contributed by atoms with Crippen LogP contribution >= 0.6 is 27.3 Å². The zero-order valence-electron chi connectivity index (χ0n) is 10.4. The van der Waals surface area contributed by atoms with E-state index in [2.05, 4.69) is 21.2 Å². The van der Waals surface area contributed by atoms with Gasteiger partial charge < -0.3 is 11.1 Å². The smallest absolute Gasteiger partial charge is 0.265 e. The highest BCUT2D eigenvalue weighted by atomic mass is 79.9. The minimum Gasteiger partial charge on any atom is -0.366 e. The second-order valence-electron chi connectivity index (χ2n) is 4.05. The number of carbonyl (C=O) groups is 2. The molecule has 2 aromatic rings. The molecule has 0 atom stereocenters. The number of halogens is 2. The van der Waals surface area contributed by atoms with Gasteiger partial charge in [-0.15, -0.1) is 11.3 Å². The molecule has 0 aliphatic rings. The van der Waals surface area contributed by atoms with Gasteiger partial charge in [0, 0.05) is 16.8 Å². The molecule has 20 heavy (non-hydrogen) atoms. The largest absolute Gasteiger partial charge is 0.366 e. The SMILES string of the molecule is Cc1c(F)cc(C(N)=O)cc1NC(=O)c1ccc(Br)s1. The fourth-order valence-electron chi connectivity index (χ4n) is 1.57. The molecule has 1 aromatic heterocycles. The number of amides is 2. The normalized spacial score (nSPS) is 10.3. The van der Waals surface area contributed by atoms with Crippen LogP contribution in [-0.2, 0) is 0 Å². The first-order chi connectivity index (χ1) is 9.38. The predicted octanol–water partition coefficient (Wildman–Crippen LogP) is 3.31. The fraction of sp³-hybridized carbons (Fsp3) is 0.0769. The number of carbonyl (C=O) groups excluding carboxylic acids is 2. The summed E-state index contributed by atoms with van der Waals surface area (Å²) >= 11 is 4.51. The number of nitrogens with one attached hydrogen (secondary N) is 1. The molecule has 104 valence electrons. The Kier molecular flexibility index (Phi) is 4.20. The molecule has 3 N–H and O–H groups in total. The van der Waals surface area contributed by atoms with Gasteiger partial charge in [-0.3, -0.25) is 9.59 Å². The van der Waals surface area contributed by atoms with E-state index in [0.717, 1.165) is 9.85 Å². The number of thiophene rings is 1. The Bertz CT molecular complexity index is 700. The summed E-state index contributed by atoms with van der Waals surface area (Å²) in [6.45, 7) is 1.51. The maximum Gasteiger partial charge on any atom is 0.265 e. The number of primary amides is 1. The molecule has 0 fully saturated rings. The third kappa shape index (κ3) is 3.05. The molecule has 0 radical (unpaired) electrons. The van der Waals surface area contributed by atoms with Gasteiger partial charge in [-0.1, -0.05) is 0 Å². The molecule has 1 aromatic carbocycles. The van der Waals surface area contributed by atoms with Crippen LogP contribution in [0.5, 0.6) is 0 Å². The van der Waals surface area contributed by atoms with Crippen molar-refractivity contribution in [3.8, 4) is 0 Å². The van der Waals surface area contributed by atoms with Crippen LogP contribution in [0.15, 0.2) is 28.1 Å². The molecule has 2 rings (SSSR count). The van der Waals surface area contributed by atoms with Crippen molar-refractivity contribution in [2.45, 2.75) is 6.92 Å². The summed E-state index contributed by atoms with van der Waals surface area (Å²) in [6.07, 6.45) is 0. The van der Waals surface area contributed by atoms with Crippen LogP contribution in [-0.4, -0.2) is 11.8 Å². The average Bonchev–Trinajstić information content (AvgIpc) is 2.81. The van der Waals surface area contributed by atoms with Crippen molar-refractivity contribution in [3.05, 3.63) is 49.9 Å². The van der Waals surface area contributed by atoms with E-state index in [-0.39, 0.29) is 22.7 Å². The van der Waals surface area contributed by atoms with Gasteiger partial charge in [0.05, 0.1) is 8.66 Å². The van der Waals surface area contributed by atoms with E-state index < -0.39 is 11.7 Å². The van der Waals surface area contributed by atoms with Crippen molar-refractivity contribution >= 4 is 44.8 Å². The van der Waals surface area contributed by atoms with Gasteiger partial charge in [0.25, 0.3) is 5.91 Å². The van der Waals surface area contributed by atoms with E-state index in [0.29, 0.717) is 4.88 Å². The summed E-state index contributed by atoms with van der Waals surface area (Å²) in [4.78, 5) is 23.6. The van der Waals surface area contributed by atoms with Gasteiger partial charge in [0.2, 0.25) is 5.91 Å². The first kappa shape index (κ1) is 14.7. The highest BCUT2D eigenvalue weighted by molar-refractivity contribution is 9.11. The average molecular weight is 357 g/mol. The zero-order valence-corrected chi connectivity index (χ0v) is 12.8. The van der Waals surface area contributed by atoms with Crippen molar-refractivity contribution in [3.63, 3.8) is 0 Å². The lowest BCUT2D eigenvalue weighted by molar-refractivity contribution is 0.0996. The van der Waals surface area contributed by atoms with Crippen LogP contribution in [0, 0.1) is 12.7 Å². The van der Waals surface area contributed by atoms with Gasteiger partial charge >= 0.3 is 0 Å². The van der Waals surface area contributed by atoms with Crippen molar-refractivity contribution < 1.29 is 14.0 Å². The van der Waals surface area contributed by atoms with E-state index in [1.165, 1.54) is 24.3 Å². The van der Waals surface area contributed by atoms with Crippen molar-refractivity contribution in [1.29, 1.82) is 0 Å². The van der Waals surface area contributed by atoms with Crippen LogP contribution in [0.4, 0.5) is 10.1 Å². The molecule has 0 aliphatic carbocycles. The summed E-state index contributed by atoms with van der Waals surface area (Å²) in [6, 6.07) is 5.80. The van der Waals surface area contributed by atoms with E-state index in [9.17, 15) is 14.0 Å². The van der Waals surface area contributed by atoms with E-state index >= 15 is 0 Å². The highest BCUT2D eigenvalue weighted by Gasteiger charge is 2.14. The Hall–Kier alpha value is -1.73. The number of anilines is 1. The summed E-state index contributed by atoms with van der Waals surface area (Å²) < 4.78 is 14.5. The Morgan fingerprint density at radius 1 is 1.35 bits per heavy atom. The Labute approximate surface area is 126 Å².